The predicted octanol–water partition coefficient (Wildman–Crippen LogP) is 6.69. The van der Waals surface area contributed by atoms with E-state index in [1.54, 1.807) is 6.07 Å². The molecule has 8 fully saturated rings. The monoisotopic (exact) mass is 772 g/mol. The first-order chi connectivity index (χ1) is 26.0. The van der Waals surface area contributed by atoms with Crippen molar-refractivity contribution in [3.63, 3.8) is 0 Å². The second-order valence-corrected chi connectivity index (χ2v) is 17.9. The van der Waals surface area contributed by atoms with Crippen LogP contribution in [-0.4, -0.2) is 83.3 Å². The highest BCUT2D eigenvalue weighted by Crippen LogP contribution is 2.67. The number of likely N-dealkylation sites (tertiary alicyclic amines) is 1. The van der Waals surface area contributed by atoms with Crippen LogP contribution in [-0.2, 0) is 4.79 Å². The van der Waals surface area contributed by atoms with Crippen LogP contribution in [0.2, 0.25) is 5.02 Å². The van der Waals surface area contributed by atoms with Crippen molar-refractivity contribution >= 4 is 60.7 Å². The van der Waals surface area contributed by atoms with Gasteiger partial charge in [-0.2, -0.15) is 20.5 Å². The zero-order valence-corrected chi connectivity index (χ0v) is 30.8. The van der Waals surface area contributed by atoms with E-state index in [2.05, 4.69) is 20.9 Å². The molecule has 2 aromatic carbocycles. The molecular formula is C39H36ClF3N8O2S. The number of amides is 1. The van der Waals surface area contributed by atoms with Crippen molar-refractivity contribution in [1.29, 1.82) is 10.5 Å². The van der Waals surface area contributed by atoms with E-state index in [4.69, 9.17) is 27.1 Å². The summed E-state index contributed by atoms with van der Waals surface area (Å²) in [5, 5.41) is 20.0. The molecule has 8 heterocycles. The number of carbonyl (C=O) groups excluding carboxylic acids is 1. The fourth-order valence-electron chi connectivity index (χ4n) is 11.0. The molecule has 12 rings (SSSR count). The fraction of sp³-hybridized carbons (Fsp3) is 0.513. The predicted molar refractivity (Wildman–Crippen MR) is 198 cm³/mol. The minimum Gasteiger partial charge on any atom is -0.461 e. The number of nitrogens with two attached hydrogens (primary N) is 1. The van der Waals surface area contributed by atoms with E-state index in [0.717, 1.165) is 50.0 Å². The largest absolute Gasteiger partial charge is 0.461 e. The summed E-state index contributed by atoms with van der Waals surface area (Å²) in [4.78, 5) is 29.5. The minimum absolute atomic E-state index is 0.00158. The Kier molecular flexibility index (Phi) is 7.63. The van der Waals surface area contributed by atoms with E-state index in [1.807, 2.05) is 11.0 Å². The van der Waals surface area contributed by atoms with Gasteiger partial charge in [0.2, 0.25) is 5.91 Å². The summed E-state index contributed by atoms with van der Waals surface area (Å²) < 4.78 is 53.5. The summed E-state index contributed by atoms with van der Waals surface area (Å²) in [6.07, 6.45) is 3.80. The number of nitrogen functional groups attached to an aromatic ring is 1. The number of hydrogen-bond donors (Lipinski definition) is 1. The number of benzene rings is 2. The van der Waals surface area contributed by atoms with Crippen LogP contribution < -0.4 is 15.4 Å². The topological polar surface area (TPSA) is 135 Å². The molecule has 2 aromatic heterocycles. The summed E-state index contributed by atoms with van der Waals surface area (Å²) in [5.74, 6) is -0.748. The van der Waals surface area contributed by atoms with Crippen molar-refractivity contribution in [2.24, 2.45) is 29.1 Å². The zero-order valence-electron chi connectivity index (χ0n) is 29.3. The van der Waals surface area contributed by atoms with Gasteiger partial charge in [0.05, 0.1) is 32.8 Å². The van der Waals surface area contributed by atoms with Gasteiger partial charge >= 0.3 is 6.01 Å². The van der Waals surface area contributed by atoms with Crippen LogP contribution in [0.1, 0.15) is 44.1 Å². The summed E-state index contributed by atoms with van der Waals surface area (Å²) in [7, 11) is 0. The minimum atomic E-state index is -0.961. The van der Waals surface area contributed by atoms with E-state index >= 15 is 8.78 Å². The molecule has 3 bridgehead atoms. The summed E-state index contributed by atoms with van der Waals surface area (Å²) in [6, 6.07) is 8.47. The van der Waals surface area contributed by atoms with Gasteiger partial charge in [0.25, 0.3) is 0 Å². The van der Waals surface area contributed by atoms with Crippen LogP contribution in [0.5, 0.6) is 6.01 Å². The maximum Gasteiger partial charge on any atom is 0.319 e. The van der Waals surface area contributed by atoms with Gasteiger partial charge in [0, 0.05) is 61.4 Å². The van der Waals surface area contributed by atoms with E-state index < -0.39 is 23.3 Å². The summed E-state index contributed by atoms with van der Waals surface area (Å²) in [6.45, 7) is 3.36. The Morgan fingerprint density at radius 1 is 1.11 bits per heavy atom. The van der Waals surface area contributed by atoms with Gasteiger partial charge in [-0.25, -0.2) is 13.2 Å². The lowest BCUT2D eigenvalue weighted by Crippen LogP contribution is -2.68. The van der Waals surface area contributed by atoms with Crippen LogP contribution in [0.25, 0.3) is 32.1 Å². The van der Waals surface area contributed by atoms with Gasteiger partial charge in [-0.05, 0) is 73.6 Å². The van der Waals surface area contributed by atoms with Crippen molar-refractivity contribution < 1.29 is 22.7 Å². The Balaban J connectivity index is 1.08. The van der Waals surface area contributed by atoms with E-state index in [0.29, 0.717) is 56.3 Å². The molecule has 54 heavy (non-hydrogen) atoms. The smallest absolute Gasteiger partial charge is 0.319 e. The molecule has 4 aromatic rings. The molecule has 15 heteroatoms. The number of carbonyl (C=O) groups is 1. The van der Waals surface area contributed by atoms with Crippen molar-refractivity contribution in [2.45, 2.75) is 50.2 Å². The average Bonchev–Trinajstić information content (AvgIpc) is 3.72. The molecular weight excluding hydrogens is 737 g/mol. The second kappa shape index (κ2) is 12.1. The maximum absolute atomic E-state index is 17.3. The Morgan fingerprint density at radius 2 is 1.93 bits per heavy atom. The third-order valence-corrected chi connectivity index (χ3v) is 14.7. The molecule has 2 N–H and O–H groups in total. The van der Waals surface area contributed by atoms with Crippen molar-refractivity contribution in [1.82, 2.24) is 19.8 Å². The Hall–Kier alpha value is -4.37. The molecule has 0 radical (unpaired) electrons. The third kappa shape index (κ3) is 4.88. The number of ether oxygens (including phenoxy) is 1. The van der Waals surface area contributed by atoms with Crippen LogP contribution in [0.3, 0.4) is 0 Å². The molecule has 2 unspecified atom stereocenters. The van der Waals surface area contributed by atoms with Crippen LogP contribution in [0.4, 0.5) is 24.0 Å². The molecule has 1 amide bonds. The number of nitrogens with zero attached hydrogens (tertiary/aromatic N) is 7. The van der Waals surface area contributed by atoms with Gasteiger partial charge < -0.3 is 20.3 Å². The van der Waals surface area contributed by atoms with Gasteiger partial charge in [0.15, 0.2) is 5.82 Å². The van der Waals surface area contributed by atoms with E-state index in [-0.39, 0.29) is 84.0 Å². The number of aromatic nitrogens is 2. The number of nitriles is 2. The number of thiophene rings is 1. The highest BCUT2D eigenvalue weighted by Gasteiger charge is 2.65. The number of halogens is 4. The van der Waals surface area contributed by atoms with Crippen LogP contribution in [0, 0.1) is 63.4 Å². The number of fused-ring (bicyclic) bond motifs is 3. The van der Waals surface area contributed by atoms with E-state index in [9.17, 15) is 19.7 Å². The van der Waals surface area contributed by atoms with Crippen LogP contribution in [0.15, 0.2) is 18.2 Å². The quantitative estimate of drug-likeness (QED) is 0.228. The van der Waals surface area contributed by atoms with Gasteiger partial charge in [-0.15, -0.1) is 11.3 Å². The average molecular weight is 773 g/mol. The summed E-state index contributed by atoms with van der Waals surface area (Å²) >= 11 is 7.88. The Bertz CT molecular complexity index is 2360. The molecule has 6 saturated heterocycles. The fourth-order valence-corrected chi connectivity index (χ4v) is 12.3. The number of alkyl halides is 1. The highest BCUT2D eigenvalue weighted by molar-refractivity contribution is 7.23. The third-order valence-electron chi connectivity index (χ3n) is 13.3. The van der Waals surface area contributed by atoms with Gasteiger partial charge in [0.1, 0.15) is 41.0 Å². The molecule has 2 aliphatic carbocycles. The van der Waals surface area contributed by atoms with E-state index in [1.165, 1.54) is 12.1 Å². The first-order valence-electron chi connectivity index (χ1n) is 18.6. The number of hydrogen-bond acceptors (Lipinski definition) is 10. The maximum atomic E-state index is 17.3. The molecule has 2 saturated carbocycles. The standard InChI is InChI=1S/C39H36ClF3N8O2S/c40-26-6-24-32(31(43)29(26)23-2-3-27(42)33-28(23)25(12-45)34(46)54-33)47-37(53-18-39-4-1-5-51(39)17-22(41)10-39)48-35(24)49-13-19-7-38(8-19)9-21(16-49)30(38)36(52)50-14-20(11-44)15-50/h2-3,6,19-22,30H,1,4-5,7-10,13-18,46H2/t19?,21?,22-,30?,38?,39+/m1/s1. The SMILES string of the molecule is N#Cc1c(N)sc2c(F)ccc(-c3c(Cl)cc4c(N5CC6CC7(C6)CC(C5)C7C(=O)N5CC(C#N)C5)nc(OC[C@@]56CCCN5C[C@H](F)C6)nc4c3F)c12. The first-order valence-corrected chi connectivity index (χ1v) is 19.8. The normalized spacial score (nSPS) is 30.2. The summed E-state index contributed by atoms with van der Waals surface area (Å²) in [5.41, 5.74) is 5.76. The molecule has 4 atom stereocenters. The molecule has 10 nitrogen and oxygen atoms in total. The lowest BCUT2D eigenvalue weighted by atomic mass is 9.41. The lowest BCUT2D eigenvalue weighted by Gasteiger charge is -2.66. The number of rotatable bonds is 6. The lowest BCUT2D eigenvalue weighted by molar-refractivity contribution is -0.183. The number of anilines is 2. The first kappa shape index (κ1) is 34.1. The molecule has 1 spiro atoms. The molecule has 6 aliphatic heterocycles. The van der Waals surface area contributed by atoms with Crippen molar-refractivity contribution in [3.05, 3.63) is 40.4 Å². The zero-order chi connectivity index (χ0) is 37.3. The Morgan fingerprint density at radius 3 is 2.70 bits per heavy atom. The van der Waals surface area contributed by atoms with Crippen LogP contribution >= 0.6 is 22.9 Å². The van der Waals surface area contributed by atoms with Crippen molar-refractivity contribution in [2.75, 3.05) is 56.5 Å². The van der Waals surface area contributed by atoms with Crippen molar-refractivity contribution in [3.8, 4) is 29.3 Å². The molecule has 278 valence electrons. The second-order valence-electron chi connectivity index (χ2n) is 16.4. The molecule has 8 aliphatic rings. The van der Waals surface area contributed by atoms with Gasteiger partial charge in [-0.1, -0.05) is 17.7 Å². The van der Waals surface area contributed by atoms with Gasteiger partial charge in [-0.3, -0.25) is 9.69 Å². The Labute approximate surface area is 318 Å². The highest BCUT2D eigenvalue weighted by atomic mass is 35.5.